The minimum atomic E-state index is -4.71. The number of nitrogens with one attached hydrogen (secondary N) is 1. The molecule has 1 unspecified atom stereocenters. The van der Waals surface area contributed by atoms with Gasteiger partial charge in [0.15, 0.2) is 9.84 Å². The number of thioether (sulfide) groups is 1. The lowest BCUT2D eigenvalue weighted by molar-refractivity contribution is -0.388. The molecule has 0 bridgehead atoms. The largest absolute Gasteiger partial charge is 0.416 e. The molecular weight excluding hydrogens is 385 g/mol. The lowest BCUT2D eigenvalue weighted by Gasteiger charge is -2.11. The monoisotopic (exact) mass is 398 g/mol. The number of benzene rings is 1. The van der Waals surface area contributed by atoms with Gasteiger partial charge in [-0.1, -0.05) is 0 Å². The van der Waals surface area contributed by atoms with Crippen LogP contribution in [-0.4, -0.2) is 42.5 Å². The van der Waals surface area contributed by atoms with Gasteiger partial charge in [0.05, 0.1) is 32.6 Å². The zero-order chi connectivity index (χ0) is 18.8. The molecule has 1 heterocycles. The fourth-order valence-corrected chi connectivity index (χ4v) is 4.77. The number of hydrogen-bond acceptors (Lipinski definition) is 6. The Morgan fingerprint density at radius 1 is 1.40 bits per heavy atom. The highest BCUT2D eigenvalue weighted by Crippen LogP contribution is 2.36. The van der Waals surface area contributed by atoms with Gasteiger partial charge in [0, 0.05) is 12.1 Å². The summed E-state index contributed by atoms with van der Waals surface area (Å²) in [6.45, 7) is 0. The molecule has 2 rings (SSSR count). The van der Waals surface area contributed by atoms with Crippen LogP contribution in [0.25, 0.3) is 0 Å². The van der Waals surface area contributed by atoms with Crippen molar-refractivity contribution in [2.24, 2.45) is 0 Å². The molecule has 0 saturated carbocycles. The first kappa shape index (κ1) is 19.5. The van der Waals surface area contributed by atoms with E-state index in [0.717, 1.165) is 6.07 Å². The van der Waals surface area contributed by atoms with Crippen LogP contribution < -0.4 is 5.32 Å². The maximum atomic E-state index is 12.6. The quantitative estimate of drug-likeness (QED) is 0.462. The summed E-state index contributed by atoms with van der Waals surface area (Å²) in [7, 11) is -3.16. The molecular formula is C13H13F3N2O5S2. The average Bonchev–Trinajstić information content (AvgIpc) is 2.82. The van der Waals surface area contributed by atoms with Gasteiger partial charge in [-0.3, -0.25) is 14.9 Å². The van der Waals surface area contributed by atoms with Gasteiger partial charge in [0.1, 0.15) is 0 Å². The maximum absolute atomic E-state index is 12.6. The molecule has 1 aliphatic heterocycles. The van der Waals surface area contributed by atoms with E-state index in [-0.39, 0.29) is 22.2 Å². The zero-order valence-corrected chi connectivity index (χ0v) is 14.2. The molecule has 25 heavy (non-hydrogen) atoms. The van der Waals surface area contributed by atoms with E-state index in [4.69, 9.17) is 0 Å². The topological polar surface area (TPSA) is 106 Å². The maximum Gasteiger partial charge on any atom is 0.416 e. The van der Waals surface area contributed by atoms with Crippen molar-refractivity contribution in [2.75, 3.05) is 17.3 Å². The van der Waals surface area contributed by atoms with E-state index >= 15 is 0 Å². The van der Waals surface area contributed by atoms with E-state index < -0.39 is 44.1 Å². The van der Waals surface area contributed by atoms with Gasteiger partial charge in [-0.15, -0.1) is 11.8 Å². The second-order valence-corrected chi connectivity index (χ2v) is 8.64. The van der Waals surface area contributed by atoms with Gasteiger partial charge in [-0.2, -0.15) is 13.2 Å². The van der Waals surface area contributed by atoms with Crippen molar-refractivity contribution < 1.29 is 31.3 Å². The predicted octanol–water partition coefficient (Wildman–Crippen LogP) is 2.01. The van der Waals surface area contributed by atoms with E-state index in [0.29, 0.717) is 30.3 Å². The van der Waals surface area contributed by atoms with Crippen molar-refractivity contribution in [3.05, 3.63) is 33.9 Å². The summed E-state index contributed by atoms with van der Waals surface area (Å²) in [4.78, 5) is 21.7. The lowest BCUT2D eigenvalue weighted by Crippen LogP contribution is -2.36. The predicted molar refractivity (Wildman–Crippen MR) is 84.0 cm³/mol. The van der Waals surface area contributed by atoms with Crippen molar-refractivity contribution in [2.45, 2.75) is 23.5 Å². The van der Waals surface area contributed by atoms with Gasteiger partial charge in [-0.25, -0.2) is 8.42 Å². The molecule has 138 valence electrons. The van der Waals surface area contributed by atoms with Crippen molar-refractivity contribution in [3.63, 3.8) is 0 Å². The van der Waals surface area contributed by atoms with Crippen LogP contribution in [0.15, 0.2) is 23.1 Å². The number of amides is 1. The molecule has 1 aromatic rings. The first-order valence-electron chi connectivity index (χ1n) is 6.96. The Morgan fingerprint density at radius 3 is 2.60 bits per heavy atom. The van der Waals surface area contributed by atoms with Gasteiger partial charge in [-0.05, 0) is 18.6 Å². The van der Waals surface area contributed by atoms with Crippen LogP contribution in [0, 0.1) is 10.1 Å². The Balaban J connectivity index is 2.02. The number of nitro groups is 1. The summed E-state index contributed by atoms with van der Waals surface area (Å²) in [5.41, 5.74) is -1.89. The number of hydrogen-bond donors (Lipinski definition) is 1. The highest BCUT2D eigenvalue weighted by Gasteiger charge is 2.33. The number of alkyl halides is 3. The van der Waals surface area contributed by atoms with Gasteiger partial charge in [0.25, 0.3) is 5.69 Å². The van der Waals surface area contributed by atoms with Gasteiger partial charge in [0.2, 0.25) is 5.91 Å². The van der Waals surface area contributed by atoms with Crippen LogP contribution in [-0.2, 0) is 20.8 Å². The van der Waals surface area contributed by atoms with E-state index in [1.807, 2.05) is 0 Å². The summed E-state index contributed by atoms with van der Waals surface area (Å²) in [5, 5.41) is 13.5. The molecule has 1 atom stereocenters. The summed E-state index contributed by atoms with van der Waals surface area (Å²) < 4.78 is 60.5. The molecule has 0 aliphatic carbocycles. The second-order valence-electron chi connectivity index (χ2n) is 5.39. The van der Waals surface area contributed by atoms with E-state index in [2.05, 4.69) is 5.32 Å². The lowest BCUT2D eigenvalue weighted by atomic mass is 10.2. The van der Waals surface area contributed by atoms with Crippen LogP contribution in [0.1, 0.15) is 12.0 Å². The van der Waals surface area contributed by atoms with Crippen molar-refractivity contribution in [3.8, 4) is 0 Å². The third kappa shape index (κ3) is 5.33. The minimum Gasteiger partial charge on any atom is -0.352 e. The first-order valence-corrected chi connectivity index (χ1v) is 9.77. The standard InChI is InChI=1S/C13H13F3N2O5S2/c14-13(15,16)8-1-2-11(10(5-8)18(20)21)24-6-12(19)17-9-3-4-25(22,23)7-9/h1-2,5,9H,3-4,6-7H2,(H,17,19). The summed E-state index contributed by atoms with van der Waals surface area (Å²) in [6.07, 6.45) is -4.42. The van der Waals surface area contributed by atoms with Crippen LogP contribution in [0.5, 0.6) is 0 Å². The molecule has 0 spiro atoms. The second kappa shape index (κ2) is 7.20. The molecule has 1 saturated heterocycles. The van der Waals surface area contributed by atoms with Crippen LogP contribution in [0.2, 0.25) is 0 Å². The summed E-state index contributed by atoms with van der Waals surface area (Å²) in [6, 6.07) is 1.56. The Hall–Kier alpha value is -1.82. The van der Waals surface area contributed by atoms with Crippen molar-refractivity contribution >= 4 is 33.2 Å². The van der Waals surface area contributed by atoms with Gasteiger partial charge >= 0.3 is 6.18 Å². The smallest absolute Gasteiger partial charge is 0.352 e. The van der Waals surface area contributed by atoms with Gasteiger partial charge < -0.3 is 5.32 Å². The Bertz CT molecular complexity index is 795. The highest BCUT2D eigenvalue weighted by molar-refractivity contribution is 8.00. The molecule has 1 N–H and O–H groups in total. The highest BCUT2D eigenvalue weighted by atomic mass is 32.2. The molecule has 0 radical (unpaired) electrons. The average molecular weight is 398 g/mol. The molecule has 1 amide bonds. The van der Waals surface area contributed by atoms with E-state index in [9.17, 15) is 36.5 Å². The number of carbonyl (C=O) groups is 1. The number of carbonyl (C=O) groups excluding carboxylic acids is 1. The fraction of sp³-hybridized carbons (Fsp3) is 0.462. The third-order valence-electron chi connectivity index (χ3n) is 3.44. The number of rotatable bonds is 5. The zero-order valence-electron chi connectivity index (χ0n) is 12.6. The normalized spacial score (nSPS) is 19.6. The molecule has 1 aromatic carbocycles. The number of nitro benzene ring substituents is 1. The van der Waals surface area contributed by atoms with Crippen LogP contribution in [0.4, 0.5) is 18.9 Å². The molecule has 1 aliphatic rings. The van der Waals surface area contributed by atoms with Crippen LogP contribution >= 0.6 is 11.8 Å². The summed E-state index contributed by atoms with van der Waals surface area (Å²) >= 11 is 0.716. The molecule has 1 fully saturated rings. The Labute approximate surface area is 145 Å². The number of sulfone groups is 1. The molecule has 0 aromatic heterocycles. The first-order chi connectivity index (χ1) is 11.5. The van der Waals surface area contributed by atoms with Crippen LogP contribution in [0.3, 0.4) is 0 Å². The minimum absolute atomic E-state index is 0.0184. The van der Waals surface area contributed by atoms with Crippen molar-refractivity contribution in [1.82, 2.24) is 5.32 Å². The summed E-state index contributed by atoms with van der Waals surface area (Å²) in [5.74, 6) is -0.997. The van der Waals surface area contributed by atoms with E-state index in [1.54, 1.807) is 0 Å². The third-order valence-corrected chi connectivity index (χ3v) is 6.27. The molecule has 12 heteroatoms. The number of nitrogens with zero attached hydrogens (tertiary/aromatic N) is 1. The Kier molecular flexibility index (Phi) is 5.62. The van der Waals surface area contributed by atoms with Crippen molar-refractivity contribution in [1.29, 1.82) is 0 Å². The van der Waals surface area contributed by atoms with E-state index in [1.165, 1.54) is 0 Å². The molecule has 7 nitrogen and oxygen atoms in total. The number of halogens is 3. The fourth-order valence-electron chi connectivity index (χ4n) is 2.28. The Morgan fingerprint density at radius 2 is 2.08 bits per heavy atom. The SMILES string of the molecule is O=C(CSc1ccc(C(F)(F)F)cc1[N+](=O)[O-])NC1CCS(=O)(=O)C1.